The molecule has 1 heterocycles. The second-order valence-corrected chi connectivity index (χ2v) is 3.76. The van der Waals surface area contributed by atoms with Gasteiger partial charge in [-0.2, -0.15) is 0 Å². The third kappa shape index (κ3) is 2.05. The molecule has 76 valence electrons. The monoisotopic (exact) mass is 193 g/mol. The summed E-state index contributed by atoms with van der Waals surface area (Å²) < 4.78 is 5.67. The molecule has 1 aliphatic heterocycles. The third-order valence-corrected chi connectivity index (χ3v) is 2.45. The molecule has 2 atom stereocenters. The van der Waals surface area contributed by atoms with Crippen LogP contribution >= 0.6 is 0 Å². The maximum Gasteiger partial charge on any atom is 0.138 e. The zero-order valence-corrected chi connectivity index (χ0v) is 8.26. The van der Waals surface area contributed by atoms with E-state index in [2.05, 4.69) is 4.90 Å². The highest BCUT2D eigenvalue weighted by atomic mass is 16.5. The summed E-state index contributed by atoms with van der Waals surface area (Å²) in [5, 5.41) is 9.65. The average molecular weight is 193 g/mol. The fourth-order valence-corrected chi connectivity index (χ4v) is 1.73. The molecule has 0 spiro atoms. The lowest BCUT2D eigenvalue weighted by atomic mass is 10.2. The van der Waals surface area contributed by atoms with E-state index < -0.39 is 0 Å². The van der Waals surface area contributed by atoms with Gasteiger partial charge < -0.3 is 9.84 Å². The molecule has 0 radical (unpaired) electrons. The topological polar surface area (TPSA) is 32.7 Å². The smallest absolute Gasteiger partial charge is 0.138 e. The second kappa shape index (κ2) is 3.98. The number of hydrogen-bond donors (Lipinski definition) is 1. The van der Waals surface area contributed by atoms with Crippen LogP contribution in [0.5, 0.6) is 5.75 Å². The predicted molar refractivity (Wildman–Crippen MR) is 54.4 cm³/mol. The Morgan fingerprint density at radius 1 is 1.29 bits per heavy atom. The van der Waals surface area contributed by atoms with Crippen molar-refractivity contribution >= 4 is 0 Å². The molecule has 1 fully saturated rings. The van der Waals surface area contributed by atoms with Crippen molar-refractivity contribution in [2.24, 2.45) is 0 Å². The van der Waals surface area contributed by atoms with Crippen LogP contribution in [0.3, 0.4) is 0 Å². The Labute approximate surface area is 83.9 Å². The first-order valence-corrected chi connectivity index (χ1v) is 4.84. The second-order valence-electron chi connectivity index (χ2n) is 3.76. The summed E-state index contributed by atoms with van der Waals surface area (Å²) in [6.07, 6.45) is -0.470. The standard InChI is InChI=1S/C11H15NO2/c1-12-7-10(13)11(8-12)14-9-5-3-2-4-6-9/h2-6,10-11,13H,7-8H2,1H3/t10-,11-/m0/s1. The molecular weight excluding hydrogens is 178 g/mol. The predicted octanol–water partition coefficient (Wildman–Crippen LogP) is 0.740. The minimum absolute atomic E-state index is 0.0950. The van der Waals surface area contributed by atoms with Crippen LogP contribution in [0, 0.1) is 0 Å². The van der Waals surface area contributed by atoms with E-state index in [0.717, 1.165) is 12.3 Å². The van der Waals surface area contributed by atoms with E-state index in [1.54, 1.807) is 0 Å². The van der Waals surface area contributed by atoms with Gasteiger partial charge in [0.2, 0.25) is 0 Å². The molecule has 1 aromatic carbocycles. The summed E-state index contributed by atoms with van der Waals surface area (Å²) in [6, 6.07) is 9.63. The highest BCUT2D eigenvalue weighted by Crippen LogP contribution is 2.17. The lowest BCUT2D eigenvalue weighted by Crippen LogP contribution is -2.29. The van der Waals surface area contributed by atoms with Crippen LogP contribution in [-0.4, -0.2) is 42.4 Å². The first-order valence-electron chi connectivity index (χ1n) is 4.84. The number of likely N-dealkylation sites (tertiary alicyclic amines) is 1. The van der Waals surface area contributed by atoms with Crippen LogP contribution in [0.25, 0.3) is 0 Å². The molecule has 3 nitrogen and oxygen atoms in total. The third-order valence-electron chi connectivity index (χ3n) is 2.45. The fraction of sp³-hybridized carbons (Fsp3) is 0.455. The SMILES string of the molecule is CN1C[C@H](Oc2ccccc2)[C@@H](O)C1. The molecule has 1 aromatic rings. The Morgan fingerprint density at radius 3 is 2.57 bits per heavy atom. The molecule has 0 aliphatic carbocycles. The van der Waals surface area contributed by atoms with Gasteiger partial charge in [-0.15, -0.1) is 0 Å². The lowest BCUT2D eigenvalue weighted by Gasteiger charge is -2.15. The summed E-state index contributed by atoms with van der Waals surface area (Å²) >= 11 is 0. The minimum atomic E-state index is -0.375. The molecule has 14 heavy (non-hydrogen) atoms. The molecule has 0 saturated carbocycles. The summed E-state index contributed by atoms with van der Waals surface area (Å²) in [4.78, 5) is 2.07. The number of benzene rings is 1. The number of hydrogen-bond acceptors (Lipinski definition) is 3. The molecule has 0 unspecified atom stereocenters. The van der Waals surface area contributed by atoms with E-state index in [1.807, 2.05) is 37.4 Å². The molecule has 1 N–H and O–H groups in total. The van der Waals surface area contributed by atoms with E-state index >= 15 is 0 Å². The molecule has 0 bridgehead atoms. The number of aliphatic hydroxyl groups excluding tert-OH is 1. The molecule has 1 aliphatic rings. The maximum absolute atomic E-state index is 9.65. The van der Waals surface area contributed by atoms with E-state index in [4.69, 9.17) is 4.74 Å². The van der Waals surface area contributed by atoms with Crippen molar-refractivity contribution in [2.45, 2.75) is 12.2 Å². The van der Waals surface area contributed by atoms with Gasteiger partial charge in [0.05, 0.1) is 0 Å². The van der Waals surface area contributed by atoms with Gasteiger partial charge in [0.1, 0.15) is 18.0 Å². The number of likely N-dealkylation sites (N-methyl/N-ethyl adjacent to an activating group) is 1. The summed E-state index contributed by atoms with van der Waals surface area (Å²) in [5.41, 5.74) is 0. The van der Waals surface area contributed by atoms with Gasteiger partial charge in [0.15, 0.2) is 0 Å². The van der Waals surface area contributed by atoms with Crippen LogP contribution in [0.2, 0.25) is 0 Å². The quantitative estimate of drug-likeness (QED) is 0.752. The fourth-order valence-electron chi connectivity index (χ4n) is 1.73. The van der Waals surface area contributed by atoms with Gasteiger partial charge in [0, 0.05) is 13.1 Å². The first-order chi connectivity index (χ1) is 6.75. The number of ether oxygens (including phenoxy) is 1. The summed E-state index contributed by atoms with van der Waals surface area (Å²) in [5.74, 6) is 0.826. The number of rotatable bonds is 2. The molecule has 0 amide bonds. The largest absolute Gasteiger partial charge is 0.486 e. The van der Waals surface area contributed by atoms with Gasteiger partial charge in [-0.25, -0.2) is 0 Å². The van der Waals surface area contributed by atoms with Crippen LogP contribution in [0.1, 0.15) is 0 Å². The van der Waals surface area contributed by atoms with Crippen LogP contribution in [-0.2, 0) is 0 Å². The molecule has 2 rings (SSSR count). The van der Waals surface area contributed by atoms with Crippen molar-refractivity contribution in [3.63, 3.8) is 0 Å². The first kappa shape index (κ1) is 9.49. The van der Waals surface area contributed by atoms with Crippen molar-refractivity contribution in [1.82, 2.24) is 4.90 Å². The van der Waals surface area contributed by atoms with E-state index in [9.17, 15) is 5.11 Å². The molecule has 3 heteroatoms. The highest BCUT2D eigenvalue weighted by Gasteiger charge is 2.30. The van der Waals surface area contributed by atoms with Crippen LogP contribution < -0.4 is 4.74 Å². The van der Waals surface area contributed by atoms with Crippen LogP contribution in [0.15, 0.2) is 30.3 Å². The molecule has 0 aromatic heterocycles. The highest BCUT2D eigenvalue weighted by molar-refractivity contribution is 5.21. The normalized spacial score (nSPS) is 27.9. The zero-order chi connectivity index (χ0) is 9.97. The molecular formula is C11H15NO2. The van der Waals surface area contributed by atoms with E-state index in [1.165, 1.54) is 0 Å². The van der Waals surface area contributed by atoms with Crippen LogP contribution in [0.4, 0.5) is 0 Å². The van der Waals surface area contributed by atoms with Gasteiger partial charge in [-0.3, -0.25) is 4.90 Å². The lowest BCUT2D eigenvalue weighted by molar-refractivity contribution is 0.0737. The van der Waals surface area contributed by atoms with Crippen molar-refractivity contribution < 1.29 is 9.84 Å². The van der Waals surface area contributed by atoms with Gasteiger partial charge in [-0.1, -0.05) is 18.2 Å². The van der Waals surface area contributed by atoms with E-state index in [0.29, 0.717) is 6.54 Å². The van der Waals surface area contributed by atoms with Crippen molar-refractivity contribution in [2.75, 3.05) is 20.1 Å². The molecule has 1 saturated heterocycles. The number of nitrogens with zero attached hydrogens (tertiary/aromatic N) is 1. The Hall–Kier alpha value is -1.06. The zero-order valence-electron chi connectivity index (χ0n) is 8.26. The number of para-hydroxylation sites is 1. The summed E-state index contributed by atoms with van der Waals surface area (Å²) in [6.45, 7) is 1.48. The van der Waals surface area contributed by atoms with Gasteiger partial charge in [0.25, 0.3) is 0 Å². The van der Waals surface area contributed by atoms with Crippen molar-refractivity contribution in [3.8, 4) is 5.75 Å². The minimum Gasteiger partial charge on any atom is -0.486 e. The number of aliphatic hydroxyl groups is 1. The number of β-amino-alcohol motifs (C(OH)–C–C–N with tert-alkyl or cyclic N) is 1. The van der Waals surface area contributed by atoms with E-state index in [-0.39, 0.29) is 12.2 Å². The Bertz CT molecular complexity index is 289. The Morgan fingerprint density at radius 2 is 2.00 bits per heavy atom. The van der Waals surface area contributed by atoms with Crippen molar-refractivity contribution in [1.29, 1.82) is 0 Å². The Balaban J connectivity index is 1.98. The maximum atomic E-state index is 9.65. The van der Waals surface area contributed by atoms with Crippen molar-refractivity contribution in [3.05, 3.63) is 30.3 Å². The van der Waals surface area contributed by atoms with Gasteiger partial charge >= 0.3 is 0 Å². The average Bonchev–Trinajstić information content (AvgIpc) is 2.47. The summed E-state index contributed by atoms with van der Waals surface area (Å²) in [7, 11) is 1.98. The Kier molecular flexibility index (Phi) is 2.70. The van der Waals surface area contributed by atoms with Gasteiger partial charge in [-0.05, 0) is 19.2 Å².